The smallest absolute Gasteiger partial charge is 0.195 e. The van der Waals surface area contributed by atoms with Gasteiger partial charge >= 0.3 is 0 Å². The zero-order chi connectivity index (χ0) is 13.7. The Kier molecular flexibility index (Phi) is 4.95. The minimum Gasteiger partial charge on any atom is -0.363 e. The summed E-state index contributed by atoms with van der Waals surface area (Å²) in [6.07, 6.45) is 1.82. The third-order valence-electron chi connectivity index (χ3n) is 2.47. The molecule has 0 atom stereocenters. The number of nitrogens with zero attached hydrogens (tertiary/aromatic N) is 5. The van der Waals surface area contributed by atoms with Crippen LogP contribution in [0.15, 0.2) is 23.3 Å². The fraction of sp³-hybridized carbons (Fsp3) is 0.538. The summed E-state index contributed by atoms with van der Waals surface area (Å²) in [4.78, 5) is 14.9. The van der Waals surface area contributed by atoms with Gasteiger partial charge in [0, 0.05) is 48.5 Å². The molecule has 0 aliphatic carbocycles. The highest BCUT2D eigenvalue weighted by Gasteiger charge is 2.04. The van der Waals surface area contributed by atoms with Gasteiger partial charge < -0.3 is 14.7 Å². The molecule has 1 heterocycles. The van der Waals surface area contributed by atoms with Crippen LogP contribution in [0.25, 0.3) is 0 Å². The summed E-state index contributed by atoms with van der Waals surface area (Å²) >= 11 is 0. The van der Waals surface area contributed by atoms with Crippen molar-refractivity contribution in [2.45, 2.75) is 6.54 Å². The topological polar surface area (TPSA) is 35.0 Å². The van der Waals surface area contributed by atoms with Crippen molar-refractivity contribution >= 4 is 11.8 Å². The van der Waals surface area contributed by atoms with Gasteiger partial charge in [-0.2, -0.15) is 0 Å². The first-order valence-corrected chi connectivity index (χ1v) is 5.93. The van der Waals surface area contributed by atoms with Crippen molar-refractivity contribution in [3.05, 3.63) is 23.9 Å². The van der Waals surface area contributed by atoms with E-state index in [2.05, 4.69) is 16.0 Å². The van der Waals surface area contributed by atoms with Crippen LogP contribution in [-0.4, -0.2) is 63.0 Å². The van der Waals surface area contributed by atoms with Crippen LogP contribution in [0.5, 0.6) is 0 Å². The summed E-state index contributed by atoms with van der Waals surface area (Å²) in [5.74, 6) is 1.91. The molecule has 0 saturated carbocycles. The molecule has 0 aliphatic heterocycles. The third kappa shape index (κ3) is 3.91. The van der Waals surface area contributed by atoms with E-state index in [1.54, 1.807) is 0 Å². The Morgan fingerprint density at radius 3 is 2.22 bits per heavy atom. The molecule has 5 nitrogen and oxygen atoms in total. The van der Waals surface area contributed by atoms with Crippen molar-refractivity contribution in [3.63, 3.8) is 0 Å². The lowest BCUT2D eigenvalue weighted by Gasteiger charge is -2.22. The monoisotopic (exact) mass is 249 g/mol. The molecule has 0 amide bonds. The number of hydrogen-bond donors (Lipinski definition) is 0. The third-order valence-corrected chi connectivity index (χ3v) is 2.47. The first-order valence-electron chi connectivity index (χ1n) is 5.93. The molecule has 0 saturated heterocycles. The van der Waals surface area contributed by atoms with Crippen molar-refractivity contribution in [1.29, 1.82) is 0 Å². The lowest BCUT2D eigenvalue weighted by molar-refractivity contribution is 0.479. The van der Waals surface area contributed by atoms with Crippen molar-refractivity contribution in [3.8, 4) is 0 Å². The van der Waals surface area contributed by atoms with Crippen LogP contribution in [-0.2, 0) is 6.54 Å². The normalized spacial score (nSPS) is 9.89. The van der Waals surface area contributed by atoms with Gasteiger partial charge in [0.25, 0.3) is 0 Å². The largest absolute Gasteiger partial charge is 0.363 e. The lowest BCUT2D eigenvalue weighted by Crippen LogP contribution is -2.35. The summed E-state index contributed by atoms with van der Waals surface area (Å²) in [7, 11) is 12.0. The standard InChI is InChI=1S/C13H23N5/c1-16(2)12-9-11(7-8-14-12)10-15-13(17(3)4)18(5)6/h7-9H,10H2,1-6H3. The second-order valence-electron chi connectivity index (χ2n) is 4.82. The van der Waals surface area contributed by atoms with Gasteiger partial charge in [-0.05, 0) is 17.7 Å². The van der Waals surface area contributed by atoms with E-state index in [1.807, 2.05) is 69.2 Å². The number of rotatable bonds is 3. The first-order chi connectivity index (χ1) is 8.41. The Morgan fingerprint density at radius 1 is 1.11 bits per heavy atom. The second-order valence-corrected chi connectivity index (χ2v) is 4.82. The van der Waals surface area contributed by atoms with Crippen LogP contribution in [0, 0.1) is 0 Å². The minimum atomic E-state index is 0.662. The summed E-state index contributed by atoms with van der Waals surface area (Å²) in [6, 6.07) is 4.06. The molecule has 5 heteroatoms. The van der Waals surface area contributed by atoms with Crippen LogP contribution >= 0.6 is 0 Å². The molecular weight excluding hydrogens is 226 g/mol. The molecule has 0 aliphatic rings. The maximum absolute atomic E-state index is 4.62. The number of hydrogen-bond acceptors (Lipinski definition) is 3. The van der Waals surface area contributed by atoms with Gasteiger partial charge in [-0.25, -0.2) is 9.98 Å². The molecule has 0 radical (unpaired) electrons. The Labute approximate surface area is 110 Å². The van der Waals surface area contributed by atoms with Crippen LogP contribution < -0.4 is 4.90 Å². The maximum Gasteiger partial charge on any atom is 0.195 e. The van der Waals surface area contributed by atoms with Gasteiger partial charge in [0.1, 0.15) is 5.82 Å². The summed E-state index contributed by atoms with van der Waals surface area (Å²) in [5.41, 5.74) is 1.16. The van der Waals surface area contributed by atoms with Crippen LogP contribution in [0.1, 0.15) is 5.56 Å². The first kappa shape index (κ1) is 14.3. The van der Waals surface area contributed by atoms with Gasteiger partial charge in [-0.15, -0.1) is 0 Å². The zero-order valence-corrected chi connectivity index (χ0v) is 12.2. The lowest BCUT2D eigenvalue weighted by atomic mass is 10.2. The number of anilines is 1. The van der Waals surface area contributed by atoms with Crippen molar-refractivity contribution < 1.29 is 0 Å². The van der Waals surface area contributed by atoms with Gasteiger partial charge in [-0.1, -0.05) is 0 Å². The van der Waals surface area contributed by atoms with E-state index < -0.39 is 0 Å². The molecule has 0 aromatic carbocycles. The fourth-order valence-electron chi connectivity index (χ4n) is 1.65. The minimum absolute atomic E-state index is 0.662. The Balaban J connectivity index is 2.84. The van der Waals surface area contributed by atoms with Gasteiger partial charge in [0.15, 0.2) is 5.96 Å². The molecule has 100 valence electrons. The van der Waals surface area contributed by atoms with E-state index in [9.17, 15) is 0 Å². The maximum atomic E-state index is 4.62. The van der Waals surface area contributed by atoms with E-state index in [0.717, 1.165) is 17.3 Å². The number of aromatic nitrogens is 1. The van der Waals surface area contributed by atoms with E-state index in [-0.39, 0.29) is 0 Å². The summed E-state index contributed by atoms with van der Waals surface area (Å²) in [6.45, 7) is 0.662. The van der Waals surface area contributed by atoms with E-state index >= 15 is 0 Å². The van der Waals surface area contributed by atoms with Crippen molar-refractivity contribution in [2.75, 3.05) is 47.2 Å². The molecule has 1 aromatic rings. The molecule has 0 unspecified atom stereocenters. The molecule has 1 rings (SSSR count). The highest BCUT2D eigenvalue weighted by molar-refractivity contribution is 5.79. The molecule has 0 fully saturated rings. The number of aliphatic imine (C=N–C) groups is 1. The Bertz CT molecular complexity index is 400. The zero-order valence-electron chi connectivity index (χ0n) is 12.2. The van der Waals surface area contributed by atoms with E-state index in [0.29, 0.717) is 6.54 Å². The van der Waals surface area contributed by atoms with Crippen molar-refractivity contribution in [2.24, 2.45) is 4.99 Å². The molecule has 0 bridgehead atoms. The Morgan fingerprint density at radius 2 is 1.72 bits per heavy atom. The fourth-order valence-corrected chi connectivity index (χ4v) is 1.65. The van der Waals surface area contributed by atoms with E-state index in [1.165, 1.54) is 0 Å². The average molecular weight is 249 g/mol. The average Bonchev–Trinajstić information content (AvgIpc) is 2.28. The van der Waals surface area contributed by atoms with Crippen LogP contribution in [0.4, 0.5) is 5.82 Å². The number of guanidine groups is 1. The highest BCUT2D eigenvalue weighted by atomic mass is 15.3. The quantitative estimate of drug-likeness (QED) is 0.594. The van der Waals surface area contributed by atoms with Crippen molar-refractivity contribution in [1.82, 2.24) is 14.8 Å². The van der Waals surface area contributed by atoms with Gasteiger partial charge in [0.2, 0.25) is 0 Å². The molecule has 0 N–H and O–H groups in total. The molecule has 1 aromatic heterocycles. The molecule has 0 spiro atoms. The SMILES string of the molecule is CN(C)C(=NCc1ccnc(N(C)C)c1)N(C)C. The Hall–Kier alpha value is -1.78. The summed E-state index contributed by atoms with van der Waals surface area (Å²) in [5, 5.41) is 0. The predicted octanol–water partition coefficient (Wildman–Crippen LogP) is 1.13. The van der Waals surface area contributed by atoms with Gasteiger partial charge in [-0.3, -0.25) is 0 Å². The number of pyridine rings is 1. The predicted molar refractivity (Wildman–Crippen MR) is 77.1 cm³/mol. The summed E-state index contributed by atoms with van der Waals surface area (Å²) < 4.78 is 0. The molecule has 18 heavy (non-hydrogen) atoms. The highest BCUT2D eigenvalue weighted by Crippen LogP contribution is 2.10. The second kappa shape index (κ2) is 6.23. The van der Waals surface area contributed by atoms with Crippen LogP contribution in [0.3, 0.4) is 0 Å². The molecular formula is C13H23N5. The van der Waals surface area contributed by atoms with Gasteiger partial charge in [0.05, 0.1) is 6.54 Å². The van der Waals surface area contributed by atoms with E-state index in [4.69, 9.17) is 0 Å². The van der Waals surface area contributed by atoms with Crippen LogP contribution in [0.2, 0.25) is 0 Å².